The third-order valence-corrected chi connectivity index (χ3v) is 2.42. The zero-order valence-corrected chi connectivity index (χ0v) is 10.1. The Morgan fingerprint density at radius 1 is 1.37 bits per heavy atom. The summed E-state index contributed by atoms with van der Waals surface area (Å²) in [5, 5.41) is 20.2. The fraction of sp³-hybridized carbons (Fsp3) is 0.0769. The summed E-state index contributed by atoms with van der Waals surface area (Å²) in [7, 11) is 0. The smallest absolute Gasteiger partial charge is 0.271 e. The molecule has 0 saturated carbocycles. The Morgan fingerprint density at radius 3 is 2.84 bits per heavy atom. The molecule has 0 spiro atoms. The van der Waals surface area contributed by atoms with Gasteiger partial charge in [0.05, 0.1) is 16.8 Å². The highest BCUT2D eigenvalue weighted by Gasteiger charge is 2.09. The van der Waals surface area contributed by atoms with Crippen molar-refractivity contribution < 1.29 is 10.0 Å². The van der Waals surface area contributed by atoms with E-state index in [1.807, 2.05) is 19.1 Å². The van der Waals surface area contributed by atoms with Crippen molar-refractivity contribution in [2.75, 3.05) is 0 Å². The molecule has 0 radical (unpaired) electrons. The van der Waals surface area contributed by atoms with E-state index in [1.165, 1.54) is 24.4 Å². The lowest BCUT2D eigenvalue weighted by molar-refractivity contribution is -0.384. The molecule has 0 saturated heterocycles. The van der Waals surface area contributed by atoms with E-state index >= 15 is 0 Å². The van der Waals surface area contributed by atoms with Crippen LogP contribution in [0.3, 0.4) is 0 Å². The van der Waals surface area contributed by atoms with Crippen LogP contribution in [0.25, 0.3) is 0 Å². The predicted molar refractivity (Wildman–Crippen MR) is 71.0 cm³/mol. The van der Waals surface area contributed by atoms with Crippen LogP contribution in [0.1, 0.15) is 11.4 Å². The molecule has 1 N–H and O–H groups in total. The average Bonchev–Trinajstić information content (AvgIpc) is 2.37. The van der Waals surface area contributed by atoms with Gasteiger partial charge in [0.1, 0.15) is 11.4 Å². The molecule has 96 valence electrons. The molecule has 1 aromatic heterocycles. The number of hydrogen-bond acceptors (Lipinski definition) is 5. The number of nitrogens with zero attached hydrogens (tertiary/aromatic N) is 3. The maximum atomic E-state index is 10.6. The normalized spacial score (nSPS) is 10.8. The van der Waals surface area contributed by atoms with Crippen molar-refractivity contribution in [3.8, 4) is 5.75 Å². The topological polar surface area (TPSA) is 88.6 Å². The first-order valence-electron chi connectivity index (χ1n) is 5.51. The van der Waals surface area contributed by atoms with Gasteiger partial charge in [0.15, 0.2) is 0 Å². The molecule has 0 bridgehead atoms. The first-order valence-corrected chi connectivity index (χ1v) is 5.51. The van der Waals surface area contributed by atoms with Crippen LogP contribution < -0.4 is 0 Å². The number of hydrogen-bond donors (Lipinski definition) is 1. The third-order valence-electron chi connectivity index (χ3n) is 2.42. The van der Waals surface area contributed by atoms with Crippen molar-refractivity contribution in [1.82, 2.24) is 4.98 Å². The lowest BCUT2D eigenvalue weighted by atomic mass is 10.2. The minimum atomic E-state index is -0.538. The number of non-ortho nitro benzene ring substituents is 1. The van der Waals surface area contributed by atoms with E-state index in [2.05, 4.69) is 9.98 Å². The first-order chi connectivity index (χ1) is 9.06. The van der Waals surface area contributed by atoms with Gasteiger partial charge in [-0.3, -0.25) is 20.1 Å². The highest BCUT2D eigenvalue weighted by molar-refractivity contribution is 5.80. The second-order valence-electron chi connectivity index (χ2n) is 3.89. The summed E-state index contributed by atoms with van der Waals surface area (Å²) in [5.74, 6) is -0.116. The quantitative estimate of drug-likeness (QED) is 0.520. The molecule has 1 heterocycles. The summed E-state index contributed by atoms with van der Waals surface area (Å²) in [5.41, 5.74) is 1.47. The number of rotatable bonds is 3. The maximum Gasteiger partial charge on any atom is 0.271 e. The minimum absolute atomic E-state index is 0.116. The molecule has 6 heteroatoms. The number of aryl methyl sites for hydroxylation is 1. The van der Waals surface area contributed by atoms with E-state index in [-0.39, 0.29) is 17.1 Å². The number of pyridine rings is 1. The van der Waals surface area contributed by atoms with E-state index in [1.54, 1.807) is 6.07 Å². The van der Waals surface area contributed by atoms with Gasteiger partial charge in [0, 0.05) is 17.8 Å². The van der Waals surface area contributed by atoms with Gasteiger partial charge in [-0.2, -0.15) is 0 Å². The van der Waals surface area contributed by atoms with Crippen LogP contribution in [-0.4, -0.2) is 21.2 Å². The summed E-state index contributed by atoms with van der Waals surface area (Å²) in [6, 6.07) is 9.11. The number of phenolic OH excluding ortho intramolecular Hbond substituents is 1. The van der Waals surface area contributed by atoms with Crippen LogP contribution in [0.5, 0.6) is 5.75 Å². The molecule has 1 aromatic carbocycles. The summed E-state index contributed by atoms with van der Waals surface area (Å²) in [6.45, 7) is 1.85. The van der Waals surface area contributed by atoms with Gasteiger partial charge in [0.2, 0.25) is 0 Å². The van der Waals surface area contributed by atoms with Gasteiger partial charge in [-0.1, -0.05) is 6.07 Å². The molecule has 0 amide bonds. The lowest BCUT2D eigenvalue weighted by Gasteiger charge is -1.99. The maximum absolute atomic E-state index is 10.6. The highest BCUT2D eigenvalue weighted by Crippen LogP contribution is 2.30. The zero-order chi connectivity index (χ0) is 13.8. The van der Waals surface area contributed by atoms with Crippen LogP contribution in [-0.2, 0) is 0 Å². The van der Waals surface area contributed by atoms with E-state index in [0.717, 1.165) is 5.69 Å². The Hall–Kier alpha value is -2.76. The number of benzene rings is 1. The molecule has 2 aromatic rings. The number of nitro groups is 1. The fourth-order valence-electron chi connectivity index (χ4n) is 1.50. The average molecular weight is 257 g/mol. The summed E-state index contributed by atoms with van der Waals surface area (Å²) in [4.78, 5) is 18.3. The predicted octanol–water partition coefficient (Wildman–Crippen LogP) is 2.75. The molecule has 0 fully saturated rings. The zero-order valence-electron chi connectivity index (χ0n) is 10.1. The van der Waals surface area contributed by atoms with Crippen molar-refractivity contribution in [2.45, 2.75) is 6.92 Å². The van der Waals surface area contributed by atoms with Gasteiger partial charge in [-0.25, -0.2) is 0 Å². The summed E-state index contributed by atoms with van der Waals surface area (Å²) >= 11 is 0. The van der Waals surface area contributed by atoms with Crippen molar-refractivity contribution in [3.05, 3.63) is 57.9 Å². The fourth-order valence-corrected chi connectivity index (χ4v) is 1.50. The molecule has 19 heavy (non-hydrogen) atoms. The van der Waals surface area contributed by atoms with Gasteiger partial charge in [0.25, 0.3) is 5.69 Å². The second kappa shape index (κ2) is 5.26. The van der Waals surface area contributed by atoms with E-state index in [9.17, 15) is 15.2 Å². The van der Waals surface area contributed by atoms with E-state index in [4.69, 9.17) is 0 Å². The molecule has 0 aliphatic carbocycles. The molecule has 0 unspecified atom stereocenters. The molecular weight excluding hydrogens is 246 g/mol. The van der Waals surface area contributed by atoms with Crippen molar-refractivity contribution in [3.63, 3.8) is 0 Å². The number of aromatic hydroxyl groups is 1. The highest BCUT2D eigenvalue weighted by atomic mass is 16.6. The molecular formula is C13H11N3O3. The summed E-state index contributed by atoms with van der Waals surface area (Å²) in [6.07, 6.45) is 1.45. The molecule has 0 aliphatic rings. The standard InChI is InChI=1S/C13H11N3O3/c1-9-3-2-4-10(15-9)8-14-12-7-11(16(18)19)5-6-13(12)17/h2-8,17H,1H3. The van der Waals surface area contributed by atoms with Crippen molar-refractivity contribution in [2.24, 2.45) is 4.99 Å². The van der Waals surface area contributed by atoms with Crippen molar-refractivity contribution in [1.29, 1.82) is 0 Å². The third kappa shape index (κ3) is 3.12. The Balaban J connectivity index is 2.32. The van der Waals surface area contributed by atoms with Crippen LogP contribution in [0.4, 0.5) is 11.4 Å². The number of phenols is 1. The Morgan fingerprint density at radius 2 is 2.16 bits per heavy atom. The number of nitro benzene ring substituents is 1. The molecule has 6 nitrogen and oxygen atoms in total. The minimum Gasteiger partial charge on any atom is -0.506 e. The van der Waals surface area contributed by atoms with Gasteiger partial charge in [-0.15, -0.1) is 0 Å². The second-order valence-corrected chi connectivity index (χ2v) is 3.89. The Bertz CT molecular complexity index is 653. The van der Waals surface area contributed by atoms with Crippen LogP contribution in [0, 0.1) is 17.0 Å². The largest absolute Gasteiger partial charge is 0.506 e. The van der Waals surface area contributed by atoms with E-state index < -0.39 is 4.92 Å². The Kier molecular flexibility index (Phi) is 3.51. The van der Waals surface area contributed by atoms with Gasteiger partial charge in [-0.05, 0) is 25.1 Å². The Labute approximate surface area is 109 Å². The number of aromatic nitrogens is 1. The number of aliphatic imine (C=N–C) groups is 1. The molecule has 2 rings (SSSR count). The summed E-state index contributed by atoms with van der Waals surface area (Å²) < 4.78 is 0. The van der Waals surface area contributed by atoms with Crippen LogP contribution >= 0.6 is 0 Å². The lowest BCUT2D eigenvalue weighted by Crippen LogP contribution is -1.89. The van der Waals surface area contributed by atoms with Crippen LogP contribution in [0.15, 0.2) is 41.4 Å². The van der Waals surface area contributed by atoms with Gasteiger partial charge >= 0.3 is 0 Å². The molecule has 0 atom stereocenters. The SMILES string of the molecule is Cc1cccc(C=Nc2cc([N+](=O)[O-])ccc2O)n1. The monoisotopic (exact) mass is 257 g/mol. The van der Waals surface area contributed by atoms with Gasteiger partial charge < -0.3 is 5.11 Å². The first kappa shape index (κ1) is 12.7. The van der Waals surface area contributed by atoms with E-state index in [0.29, 0.717) is 5.69 Å². The van der Waals surface area contributed by atoms with Crippen LogP contribution in [0.2, 0.25) is 0 Å². The molecule has 0 aliphatic heterocycles. The van der Waals surface area contributed by atoms with Crippen molar-refractivity contribution >= 4 is 17.6 Å².